The Bertz CT molecular complexity index is 934. The van der Waals surface area contributed by atoms with Gasteiger partial charge >= 0.3 is 0 Å². The number of rotatable bonds is 11. The number of methoxy groups -OCH3 is 1. The van der Waals surface area contributed by atoms with Gasteiger partial charge in [-0.3, -0.25) is 4.79 Å². The second-order valence-electron chi connectivity index (χ2n) is 6.31. The van der Waals surface area contributed by atoms with E-state index in [1.165, 1.54) is 19.2 Å². The minimum atomic E-state index is -3.72. The molecule has 0 unspecified atom stereocenters. The predicted molar refractivity (Wildman–Crippen MR) is 115 cm³/mol. The molecule has 2 aromatic carbocycles. The Labute approximate surface area is 180 Å². The topological polar surface area (TPSA) is 93.7 Å². The number of hydrogen-bond acceptors (Lipinski definition) is 5. The number of hydrogen-bond donors (Lipinski definition) is 2. The summed E-state index contributed by atoms with van der Waals surface area (Å²) < 4.78 is 38.1. The number of benzene rings is 2. The van der Waals surface area contributed by atoms with Gasteiger partial charge in [0, 0.05) is 24.7 Å². The Balaban J connectivity index is 1.89. The van der Waals surface area contributed by atoms with Crippen molar-refractivity contribution < 1.29 is 22.7 Å². The van der Waals surface area contributed by atoms with Gasteiger partial charge in [-0.1, -0.05) is 12.1 Å². The number of carbonyl (C=O) groups excluding carboxylic acids is 1. The summed E-state index contributed by atoms with van der Waals surface area (Å²) in [5.41, 5.74) is 1.37. The van der Waals surface area contributed by atoms with E-state index in [1.54, 1.807) is 6.07 Å². The highest BCUT2D eigenvalue weighted by molar-refractivity contribution is 9.10. The number of aryl methyl sites for hydroxylation is 1. The molecule has 0 saturated carbocycles. The number of amides is 1. The van der Waals surface area contributed by atoms with E-state index < -0.39 is 10.0 Å². The number of halogens is 1. The lowest BCUT2D eigenvalue weighted by Gasteiger charge is -2.11. The lowest BCUT2D eigenvalue weighted by atomic mass is 10.2. The highest BCUT2D eigenvalue weighted by Gasteiger charge is 2.18. The van der Waals surface area contributed by atoms with Crippen molar-refractivity contribution in [1.82, 2.24) is 10.0 Å². The van der Waals surface area contributed by atoms with Crippen LogP contribution in [0.5, 0.6) is 5.75 Å². The molecule has 0 radical (unpaired) electrons. The lowest BCUT2D eigenvalue weighted by molar-refractivity contribution is 0.0950. The highest BCUT2D eigenvalue weighted by Crippen LogP contribution is 2.21. The molecule has 0 aromatic heterocycles. The van der Waals surface area contributed by atoms with Crippen molar-refractivity contribution >= 4 is 31.9 Å². The van der Waals surface area contributed by atoms with E-state index in [1.807, 2.05) is 31.2 Å². The second kappa shape index (κ2) is 11.3. The van der Waals surface area contributed by atoms with Crippen molar-refractivity contribution in [2.75, 3.05) is 33.4 Å². The number of ether oxygens (including phenoxy) is 2. The SMILES string of the molecule is COCCNS(=O)(=O)c1ccc(Br)c(C(=O)NCCCOc2cccc(C)c2)c1. The van der Waals surface area contributed by atoms with Gasteiger partial charge in [0.15, 0.2) is 0 Å². The van der Waals surface area contributed by atoms with Crippen molar-refractivity contribution in [2.45, 2.75) is 18.2 Å². The number of nitrogens with one attached hydrogen (secondary N) is 2. The van der Waals surface area contributed by atoms with E-state index in [0.29, 0.717) is 24.0 Å². The molecule has 0 aliphatic rings. The van der Waals surface area contributed by atoms with Crippen molar-refractivity contribution in [3.63, 3.8) is 0 Å². The first kappa shape index (κ1) is 23.3. The average molecular weight is 485 g/mol. The molecule has 29 heavy (non-hydrogen) atoms. The molecule has 2 aromatic rings. The molecule has 0 fully saturated rings. The van der Waals surface area contributed by atoms with Crippen LogP contribution in [0.25, 0.3) is 0 Å². The van der Waals surface area contributed by atoms with Crippen LogP contribution in [0.2, 0.25) is 0 Å². The van der Waals surface area contributed by atoms with E-state index >= 15 is 0 Å². The Morgan fingerprint density at radius 1 is 1.10 bits per heavy atom. The summed E-state index contributed by atoms with van der Waals surface area (Å²) in [6.45, 7) is 3.26. The van der Waals surface area contributed by atoms with E-state index in [9.17, 15) is 13.2 Å². The maximum Gasteiger partial charge on any atom is 0.252 e. The zero-order valence-corrected chi connectivity index (χ0v) is 18.8. The van der Waals surface area contributed by atoms with Gasteiger partial charge in [0.1, 0.15) is 5.75 Å². The van der Waals surface area contributed by atoms with Crippen LogP contribution in [0.4, 0.5) is 0 Å². The second-order valence-corrected chi connectivity index (χ2v) is 8.93. The van der Waals surface area contributed by atoms with Crippen molar-refractivity contribution in [1.29, 1.82) is 0 Å². The third kappa shape index (κ3) is 7.43. The van der Waals surface area contributed by atoms with Crippen LogP contribution < -0.4 is 14.8 Å². The predicted octanol–water partition coefficient (Wildman–Crippen LogP) is 2.88. The van der Waals surface area contributed by atoms with Gasteiger partial charge in [-0.25, -0.2) is 13.1 Å². The fourth-order valence-corrected chi connectivity index (χ4v) is 3.94. The summed E-state index contributed by atoms with van der Waals surface area (Å²) in [5.74, 6) is 0.430. The average Bonchev–Trinajstić information content (AvgIpc) is 2.68. The van der Waals surface area contributed by atoms with Crippen LogP contribution in [-0.4, -0.2) is 47.7 Å². The molecular weight excluding hydrogens is 460 g/mol. The zero-order chi connectivity index (χ0) is 21.3. The lowest BCUT2D eigenvalue weighted by Crippen LogP contribution is -2.28. The molecule has 158 valence electrons. The first-order valence-electron chi connectivity index (χ1n) is 9.09. The van der Waals surface area contributed by atoms with Crippen molar-refractivity contribution in [3.05, 3.63) is 58.1 Å². The summed E-state index contributed by atoms with van der Waals surface area (Å²) in [7, 11) is -2.23. The van der Waals surface area contributed by atoms with Gasteiger partial charge in [-0.05, 0) is 65.2 Å². The van der Waals surface area contributed by atoms with Crippen LogP contribution in [-0.2, 0) is 14.8 Å². The highest BCUT2D eigenvalue weighted by atomic mass is 79.9. The smallest absolute Gasteiger partial charge is 0.252 e. The Kier molecular flexibility index (Phi) is 9.09. The third-order valence-corrected chi connectivity index (χ3v) is 6.11. The van der Waals surface area contributed by atoms with Crippen LogP contribution in [0.3, 0.4) is 0 Å². The zero-order valence-electron chi connectivity index (χ0n) is 16.4. The Morgan fingerprint density at radius 3 is 2.62 bits per heavy atom. The molecule has 0 aliphatic carbocycles. The summed E-state index contributed by atoms with van der Waals surface area (Å²) in [5, 5.41) is 2.78. The molecule has 0 heterocycles. The minimum absolute atomic E-state index is 0.0183. The molecular formula is C20H25BrN2O5S. The van der Waals surface area contributed by atoms with Gasteiger partial charge in [0.05, 0.1) is 23.7 Å². The van der Waals surface area contributed by atoms with E-state index in [4.69, 9.17) is 9.47 Å². The maximum absolute atomic E-state index is 12.5. The molecule has 0 aliphatic heterocycles. The molecule has 2 rings (SSSR count). The molecule has 0 atom stereocenters. The maximum atomic E-state index is 12.5. The van der Waals surface area contributed by atoms with Crippen LogP contribution in [0, 0.1) is 6.92 Å². The van der Waals surface area contributed by atoms with Crippen molar-refractivity contribution in [3.8, 4) is 5.75 Å². The van der Waals surface area contributed by atoms with Gasteiger partial charge in [-0.15, -0.1) is 0 Å². The van der Waals surface area contributed by atoms with E-state index in [-0.39, 0.29) is 29.5 Å². The van der Waals surface area contributed by atoms with E-state index in [0.717, 1.165) is 11.3 Å². The Hall–Kier alpha value is -1.94. The first-order chi connectivity index (χ1) is 13.8. The molecule has 7 nitrogen and oxygen atoms in total. The Morgan fingerprint density at radius 2 is 1.90 bits per heavy atom. The largest absolute Gasteiger partial charge is 0.494 e. The molecule has 9 heteroatoms. The normalized spacial score (nSPS) is 11.3. The molecule has 2 N–H and O–H groups in total. The monoisotopic (exact) mass is 484 g/mol. The van der Waals surface area contributed by atoms with Gasteiger partial charge in [0.25, 0.3) is 5.91 Å². The third-order valence-electron chi connectivity index (χ3n) is 3.96. The van der Waals surface area contributed by atoms with Crippen molar-refractivity contribution in [2.24, 2.45) is 0 Å². The van der Waals surface area contributed by atoms with E-state index in [2.05, 4.69) is 26.0 Å². The van der Waals surface area contributed by atoms with Gasteiger partial charge in [0.2, 0.25) is 10.0 Å². The minimum Gasteiger partial charge on any atom is -0.494 e. The molecule has 0 saturated heterocycles. The summed E-state index contributed by atoms with van der Waals surface area (Å²) in [4.78, 5) is 12.5. The van der Waals surface area contributed by atoms with Crippen LogP contribution in [0.1, 0.15) is 22.3 Å². The fraction of sp³-hybridized carbons (Fsp3) is 0.350. The van der Waals surface area contributed by atoms with Crippen LogP contribution in [0.15, 0.2) is 51.8 Å². The fourth-order valence-electron chi connectivity index (χ4n) is 2.47. The number of carbonyl (C=O) groups is 1. The summed E-state index contributed by atoms with van der Waals surface area (Å²) >= 11 is 3.30. The number of sulfonamides is 1. The van der Waals surface area contributed by atoms with Gasteiger partial charge < -0.3 is 14.8 Å². The van der Waals surface area contributed by atoms with Crippen LogP contribution >= 0.6 is 15.9 Å². The quantitative estimate of drug-likeness (QED) is 0.478. The summed E-state index contributed by atoms with van der Waals surface area (Å²) in [6, 6.07) is 12.1. The summed E-state index contributed by atoms with van der Waals surface area (Å²) in [6.07, 6.45) is 0.619. The molecule has 0 bridgehead atoms. The first-order valence-corrected chi connectivity index (χ1v) is 11.4. The molecule has 1 amide bonds. The van der Waals surface area contributed by atoms with Gasteiger partial charge in [-0.2, -0.15) is 0 Å². The molecule has 0 spiro atoms. The standard InChI is InChI=1S/C20H25BrN2O5S/c1-15-5-3-6-16(13-15)28-11-4-9-22-20(24)18-14-17(7-8-19(18)21)29(25,26)23-10-12-27-2/h3,5-8,13-14,23H,4,9-12H2,1-2H3,(H,22,24).